The fourth-order valence-electron chi connectivity index (χ4n) is 3.29. The lowest BCUT2D eigenvalue weighted by Crippen LogP contribution is -2.51. The van der Waals surface area contributed by atoms with Gasteiger partial charge in [-0.1, -0.05) is 42.5 Å². The van der Waals surface area contributed by atoms with E-state index in [4.69, 9.17) is 0 Å². The molecule has 7 heteroatoms. The summed E-state index contributed by atoms with van der Waals surface area (Å²) in [6.07, 6.45) is 0. The summed E-state index contributed by atoms with van der Waals surface area (Å²) < 4.78 is 0. The molecule has 0 spiro atoms. The van der Waals surface area contributed by atoms with Crippen molar-refractivity contribution < 1.29 is 9.59 Å². The molecule has 29 heavy (non-hydrogen) atoms. The Morgan fingerprint density at radius 2 is 1.69 bits per heavy atom. The van der Waals surface area contributed by atoms with Crippen molar-refractivity contribution in [2.24, 2.45) is 0 Å². The fourth-order valence-corrected chi connectivity index (χ4v) is 4.09. The Bertz CT molecular complexity index is 1010. The zero-order valence-electron chi connectivity index (χ0n) is 16.2. The van der Waals surface area contributed by atoms with Crippen molar-refractivity contribution in [2.75, 3.05) is 31.5 Å². The molecule has 1 saturated heterocycles. The molecule has 1 aromatic heterocycles. The number of amides is 3. The van der Waals surface area contributed by atoms with E-state index in [1.807, 2.05) is 66.9 Å². The predicted molar refractivity (Wildman–Crippen MR) is 115 cm³/mol. The van der Waals surface area contributed by atoms with Gasteiger partial charge in [-0.2, -0.15) is 0 Å². The first-order valence-electron chi connectivity index (χ1n) is 9.53. The molecule has 0 bridgehead atoms. The summed E-state index contributed by atoms with van der Waals surface area (Å²) in [6.45, 7) is 3.98. The maximum Gasteiger partial charge on any atom is 0.321 e. The van der Waals surface area contributed by atoms with Crippen LogP contribution in [0.15, 0.2) is 60.0 Å². The quantitative estimate of drug-likeness (QED) is 0.712. The molecule has 4 rings (SSSR count). The Morgan fingerprint density at radius 3 is 2.41 bits per heavy atom. The molecule has 1 N–H and O–H groups in total. The van der Waals surface area contributed by atoms with Crippen LogP contribution in [0.5, 0.6) is 0 Å². The maximum atomic E-state index is 12.8. The largest absolute Gasteiger partial charge is 0.334 e. The third-order valence-corrected chi connectivity index (χ3v) is 5.76. The van der Waals surface area contributed by atoms with Crippen LogP contribution in [-0.4, -0.2) is 52.9 Å². The highest BCUT2D eigenvalue weighted by atomic mass is 32.1. The van der Waals surface area contributed by atoms with Crippen molar-refractivity contribution in [2.45, 2.75) is 6.92 Å². The van der Waals surface area contributed by atoms with Gasteiger partial charge in [0.05, 0.1) is 0 Å². The highest BCUT2D eigenvalue weighted by Crippen LogP contribution is 2.24. The Balaban J connectivity index is 1.34. The molecular formula is C22H22N4O2S. The number of aromatic nitrogens is 1. The van der Waals surface area contributed by atoms with Crippen molar-refractivity contribution in [3.63, 3.8) is 0 Å². The van der Waals surface area contributed by atoms with E-state index >= 15 is 0 Å². The van der Waals surface area contributed by atoms with Gasteiger partial charge < -0.3 is 15.1 Å². The zero-order chi connectivity index (χ0) is 20.2. The van der Waals surface area contributed by atoms with E-state index in [9.17, 15) is 9.59 Å². The minimum absolute atomic E-state index is 0.0813. The van der Waals surface area contributed by atoms with E-state index in [0.717, 1.165) is 21.8 Å². The summed E-state index contributed by atoms with van der Waals surface area (Å²) in [5.41, 5.74) is 3.35. The number of carbonyl (C=O) groups is 2. The van der Waals surface area contributed by atoms with Crippen LogP contribution in [0, 0.1) is 6.92 Å². The van der Waals surface area contributed by atoms with Gasteiger partial charge >= 0.3 is 6.03 Å². The van der Waals surface area contributed by atoms with Gasteiger partial charge in [0.25, 0.3) is 5.91 Å². The van der Waals surface area contributed by atoms with E-state index < -0.39 is 0 Å². The SMILES string of the molecule is Cc1cccc(NC(=O)N2CCN(C(=O)c3csc(-c4ccccc4)n3)CC2)c1. The third kappa shape index (κ3) is 4.46. The number of carbonyl (C=O) groups excluding carboxylic acids is 2. The second-order valence-corrected chi connectivity index (χ2v) is 7.84. The van der Waals surface area contributed by atoms with E-state index in [0.29, 0.717) is 31.9 Å². The number of hydrogen-bond acceptors (Lipinski definition) is 4. The molecule has 0 radical (unpaired) electrons. The Kier molecular flexibility index (Phi) is 5.57. The lowest BCUT2D eigenvalue weighted by molar-refractivity contribution is 0.0667. The number of urea groups is 1. The zero-order valence-corrected chi connectivity index (χ0v) is 17.0. The normalized spacial score (nSPS) is 14.0. The van der Waals surface area contributed by atoms with Gasteiger partial charge in [-0.05, 0) is 24.6 Å². The van der Waals surface area contributed by atoms with E-state index in [1.54, 1.807) is 9.80 Å². The molecule has 2 aromatic carbocycles. The molecule has 1 fully saturated rings. The van der Waals surface area contributed by atoms with Crippen LogP contribution < -0.4 is 5.32 Å². The monoisotopic (exact) mass is 406 g/mol. The molecule has 1 aliphatic heterocycles. The number of nitrogens with zero attached hydrogens (tertiary/aromatic N) is 3. The van der Waals surface area contributed by atoms with Crippen LogP contribution in [0.3, 0.4) is 0 Å². The van der Waals surface area contributed by atoms with E-state index in [2.05, 4.69) is 10.3 Å². The van der Waals surface area contributed by atoms with Gasteiger partial charge in [0.1, 0.15) is 10.7 Å². The number of rotatable bonds is 3. The summed E-state index contributed by atoms with van der Waals surface area (Å²) >= 11 is 1.47. The topological polar surface area (TPSA) is 65.5 Å². The molecule has 6 nitrogen and oxygen atoms in total. The molecule has 1 aliphatic rings. The lowest BCUT2D eigenvalue weighted by atomic mass is 10.2. The maximum absolute atomic E-state index is 12.8. The summed E-state index contributed by atoms with van der Waals surface area (Å²) in [6, 6.07) is 17.4. The van der Waals surface area contributed by atoms with Gasteiger partial charge in [0, 0.05) is 42.8 Å². The van der Waals surface area contributed by atoms with Crippen LogP contribution >= 0.6 is 11.3 Å². The average molecular weight is 407 g/mol. The van der Waals surface area contributed by atoms with Crippen molar-refractivity contribution in [3.8, 4) is 10.6 Å². The highest BCUT2D eigenvalue weighted by molar-refractivity contribution is 7.13. The Labute approximate surface area is 173 Å². The van der Waals surface area contributed by atoms with Crippen LogP contribution in [0.1, 0.15) is 16.1 Å². The van der Waals surface area contributed by atoms with E-state index in [-0.39, 0.29) is 11.9 Å². The molecule has 3 amide bonds. The molecule has 0 saturated carbocycles. The lowest BCUT2D eigenvalue weighted by Gasteiger charge is -2.34. The minimum Gasteiger partial charge on any atom is -0.334 e. The molecule has 0 atom stereocenters. The number of benzene rings is 2. The molecule has 3 aromatic rings. The summed E-state index contributed by atoms with van der Waals surface area (Å²) in [4.78, 5) is 33.3. The van der Waals surface area contributed by atoms with Gasteiger partial charge in [0.15, 0.2) is 0 Å². The van der Waals surface area contributed by atoms with Crippen molar-refractivity contribution in [1.82, 2.24) is 14.8 Å². The van der Waals surface area contributed by atoms with Gasteiger partial charge in [-0.25, -0.2) is 9.78 Å². The summed E-state index contributed by atoms with van der Waals surface area (Å²) in [7, 11) is 0. The third-order valence-electron chi connectivity index (χ3n) is 4.87. The number of anilines is 1. The number of thiazole rings is 1. The second-order valence-electron chi connectivity index (χ2n) is 6.98. The van der Waals surface area contributed by atoms with Gasteiger partial charge in [-0.3, -0.25) is 4.79 Å². The standard InChI is InChI=1S/C22H22N4O2S/c1-16-6-5-9-18(14-16)23-22(28)26-12-10-25(11-13-26)21(27)19-15-29-20(24-19)17-7-3-2-4-8-17/h2-9,14-15H,10-13H2,1H3,(H,23,28). The average Bonchev–Trinajstić information content (AvgIpc) is 3.24. The molecular weight excluding hydrogens is 384 g/mol. The Morgan fingerprint density at radius 1 is 0.966 bits per heavy atom. The second kappa shape index (κ2) is 8.45. The number of aryl methyl sites for hydroxylation is 1. The van der Waals surface area contributed by atoms with Gasteiger partial charge in [-0.15, -0.1) is 11.3 Å². The number of hydrogen-bond donors (Lipinski definition) is 1. The first kappa shape index (κ1) is 19.1. The van der Waals surface area contributed by atoms with Crippen LogP contribution in [0.25, 0.3) is 10.6 Å². The molecule has 0 unspecified atom stereocenters. The Hall–Kier alpha value is -3.19. The van der Waals surface area contributed by atoms with E-state index in [1.165, 1.54) is 11.3 Å². The predicted octanol–water partition coefficient (Wildman–Crippen LogP) is 4.11. The van der Waals surface area contributed by atoms with Crippen molar-refractivity contribution in [1.29, 1.82) is 0 Å². The summed E-state index contributed by atoms with van der Waals surface area (Å²) in [5.74, 6) is -0.0813. The van der Waals surface area contributed by atoms with Crippen LogP contribution in [0.4, 0.5) is 10.5 Å². The number of piperazine rings is 1. The fraction of sp³-hybridized carbons (Fsp3) is 0.227. The molecule has 2 heterocycles. The smallest absolute Gasteiger partial charge is 0.321 e. The minimum atomic E-state index is -0.136. The molecule has 0 aliphatic carbocycles. The number of nitrogens with one attached hydrogen (secondary N) is 1. The van der Waals surface area contributed by atoms with Crippen LogP contribution in [-0.2, 0) is 0 Å². The van der Waals surface area contributed by atoms with Crippen LogP contribution in [0.2, 0.25) is 0 Å². The molecule has 148 valence electrons. The first-order chi connectivity index (χ1) is 14.1. The first-order valence-corrected chi connectivity index (χ1v) is 10.4. The highest BCUT2D eigenvalue weighted by Gasteiger charge is 2.26. The van der Waals surface area contributed by atoms with Crippen molar-refractivity contribution >= 4 is 29.0 Å². The summed E-state index contributed by atoms with van der Waals surface area (Å²) in [5, 5.41) is 5.57. The van der Waals surface area contributed by atoms with Crippen molar-refractivity contribution in [3.05, 3.63) is 71.2 Å². The van der Waals surface area contributed by atoms with Gasteiger partial charge in [0.2, 0.25) is 0 Å².